The monoisotopic (exact) mass is 376 g/mol. The zero-order valence-corrected chi connectivity index (χ0v) is 14.7. The third kappa shape index (κ3) is 3.09. The Morgan fingerprint density at radius 3 is 2.44 bits per heavy atom. The first-order chi connectivity index (χ1) is 13.0. The van der Waals surface area contributed by atoms with Crippen molar-refractivity contribution in [2.24, 2.45) is 0 Å². The van der Waals surface area contributed by atoms with Crippen LogP contribution in [0, 0.1) is 0 Å². The summed E-state index contributed by atoms with van der Waals surface area (Å²) in [6.45, 7) is 0. The number of hydrogen-bond donors (Lipinski definition) is 1. The summed E-state index contributed by atoms with van der Waals surface area (Å²) in [6, 6.07) is 18.8. The average molecular weight is 377 g/mol. The number of anilines is 1. The van der Waals surface area contributed by atoms with Gasteiger partial charge in [-0.15, -0.1) is 0 Å². The molecule has 1 aliphatic rings. The van der Waals surface area contributed by atoms with Gasteiger partial charge in [0.15, 0.2) is 0 Å². The summed E-state index contributed by atoms with van der Waals surface area (Å²) in [5, 5.41) is 4.48. The van der Waals surface area contributed by atoms with Gasteiger partial charge in [-0.1, -0.05) is 60.1 Å². The van der Waals surface area contributed by atoms with Gasteiger partial charge in [-0.3, -0.25) is 14.9 Å². The number of fused-ring (bicyclic) bond motifs is 1. The number of nitrogens with zero attached hydrogens (tertiary/aromatic N) is 1. The lowest BCUT2D eigenvalue weighted by Crippen LogP contribution is -2.54. The van der Waals surface area contributed by atoms with Gasteiger partial charge in [-0.25, -0.2) is 9.69 Å². The first-order valence-corrected chi connectivity index (χ1v) is 8.57. The topological polar surface area (TPSA) is 66.5 Å². The number of carbonyl (C=O) groups is 3. The third-order valence-electron chi connectivity index (χ3n) is 4.29. The second kappa shape index (κ2) is 6.70. The number of halogens is 1. The molecule has 6 heteroatoms. The number of barbiturate groups is 1. The van der Waals surface area contributed by atoms with Crippen molar-refractivity contribution in [1.29, 1.82) is 0 Å². The van der Waals surface area contributed by atoms with Crippen molar-refractivity contribution in [3.8, 4) is 0 Å². The molecule has 0 aromatic heterocycles. The van der Waals surface area contributed by atoms with Crippen LogP contribution < -0.4 is 10.2 Å². The Labute approximate surface area is 159 Å². The fourth-order valence-electron chi connectivity index (χ4n) is 3.04. The Morgan fingerprint density at radius 2 is 1.63 bits per heavy atom. The molecule has 5 nitrogen and oxygen atoms in total. The zero-order chi connectivity index (χ0) is 19.0. The lowest BCUT2D eigenvalue weighted by molar-refractivity contribution is -0.122. The minimum Gasteiger partial charge on any atom is -0.273 e. The Hall–Kier alpha value is -3.44. The van der Waals surface area contributed by atoms with Gasteiger partial charge in [-0.2, -0.15) is 0 Å². The van der Waals surface area contributed by atoms with E-state index in [9.17, 15) is 14.4 Å². The summed E-state index contributed by atoms with van der Waals surface area (Å²) < 4.78 is 0. The number of carbonyl (C=O) groups excluding carboxylic acids is 3. The molecule has 3 aromatic carbocycles. The second-order valence-corrected chi connectivity index (χ2v) is 6.44. The first-order valence-electron chi connectivity index (χ1n) is 8.19. The molecule has 27 heavy (non-hydrogen) atoms. The van der Waals surface area contributed by atoms with Crippen LogP contribution in [0.1, 0.15) is 5.56 Å². The fraction of sp³-hybridized carbons (Fsp3) is 0. The molecule has 1 N–H and O–H groups in total. The van der Waals surface area contributed by atoms with Crippen molar-refractivity contribution in [2.45, 2.75) is 0 Å². The molecule has 0 aliphatic carbocycles. The molecule has 0 spiro atoms. The van der Waals surface area contributed by atoms with Crippen LogP contribution >= 0.6 is 11.6 Å². The second-order valence-electron chi connectivity index (χ2n) is 6.01. The molecule has 1 saturated heterocycles. The van der Waals surface area contributed by atoms with Crippen molar-refractivity contribution in [1.82, 2.24) is 5.32 Å². The normalized spacial score (nSPS) is 16.1. The lowest BCUT2D eigenvalue weighted by Gasteiger charge is -2.26. The Kier molecular flexibility index (Phi) is 4.22. The highest BCUT2D eigenvalue weighted by Gasteiger charge is 2.36. The number of hydrogen-bond acceptors (Lipinski definition) is 3. The fourth-order valence-corrected chi connectivity index (χ4v) is 3.22. The summed E-state index contributed by atoms with van der Waals surface area (Å²) in [7, 11) is 0. The number of rotatable bonds is 2. The largest absolute Gasteiger partial charge is 0.335 e. The van der Waals surface area contributed by atoms with Crippen LogP contribution in [0.15, 0.2) is 72.3 Å². The number of benzene rings is 3. The minimum absolute atomic E-state index is 0.120. The van der Waals surface area contributed by atoms with Crippen molar-refractivity contribution in [3.63, 3.8) is 0 Å². The highest BCUT2D eigenvalue weighted by atomic mass is 35.5. The highest BCUT2D eigenvalue weighted by molar-refractivity contribution is 6.39. The van der Waals surface area contributed by atoms with Crippen molar-refractivity contribution < 1.29 is 14.4 Å². The van der Waals surface area contributed by atoms with E-state index in [1.54, 1.807) is 18.2 Å². The van der Waals surface area contributed by atoms with E-state index in [0.29, 0.717) is 16.3 Å². The molecule has 4 rings (SSSR count). The average Bonchev–Trinajstić information content (AvgIpc) is 2.65. The number of nitrogens with one attached hydrogen (secondary N) is 1. The van der Waals surface area contributed by atoms with Gasteiger partial charge >= 0.3 is 6.03 Å². The maximum absolute atomic E-state index is 12.9. The zero-order valence-electron chi connectivity index (χ0n) is 14.0. The quantitative estimate of drug-likeness (QED) is 0.539. The van der Waals surface area contributed by atoms with E-state index in [1.165, 1.54) is 12.1 Å². The molecule has 0 atom stereocenters. The molecule has 3 aromatic rings. The minimum atomic E-state index is -0.803. The van der Waals surface area contributed by atoms with Crippen LogP contribution in [0.25, 0.3) is 16.8 Å². The Balaban J connectivity index is 1.82. The van der Waals surface area contributed by atoms with Crippen LogP contribution in [0.5, 0.6) is 0 Å². The molecule has 0 bridgehead atoms. The SMILES string of the molecule is O=C1NC(=O)N(c2cccc(Cl)c2)C(=O)/C1=C/c1cccc2ccccc12. The van der Waals surface area contributed by atoms with Crippen LogP contribution in [0.2, 0.25) is 5.02 Å². The van der Waals surface area contributed by atoms with Crippen molar-refractivity contribution in [2.75, 3.05) is 4.90 Å². The maximum atomic E-state index is 12.9. The summed E-state index contributed by atoms with van der Waals surface area (Å²) in [4.78, 5) is 38.4. The summed E-state index contributed by atoms with van der Waals surface area (Å²) in [5.41, 5.74) is 0.888. The van der Waals surface area contributed by atoms with Gasteiger partial charge in [0.2, 0.25) is 0 Å². The first kappa shape index (κ1) is 17.0. The smallest absolute Gasteiger partial charge is 0.273 e. The summed E-state index contributed by atoms with van der Waals surface area (Å²) >= 11 is 5.97. The van der Waals surface area contributed by atoms with Crippen LogP contribution in [-0.4, -0.2) is 17.8 Å². The lowest BCUT2D eigenvalue weighted by atomic mass is 10.0. The molecule has 0 radical (unpaired) electrons. The molecule has 0 saturated carbocycles. The van der Waals surface area contributed by atoms with Gasteiger partial charge in [0.1, 0.15) is 5.57 Å². The maximum Gasteiger partial charge on any atom is 0.335 e. The van der Waals surface area contributed by atoms with E-state index in [-0.39, 0.29) is 5.57 Å². The van der Waals surface area contributed by atoms with E-state index in [2.05, 4.69) is 5.32 Å². The third-order valence-corrected chi connectivity index (χ3v) is 4.53. The Bertz CT molecular complexity index is 1130. The predicted octanol–water partition coefficient (Wildman–Crippen LogP) is 4.16. The van der Waals surface area contributed by atoms with Crippen LogP contribution in [0.4, 0.5) is 10.5 Å². The molecule has 1 aliphatic heterocycles. The molecular weight excluding hydrogens is 364 g/mol. The molecule has 1 heterocycles. The van der Waals surface area contributed by atoms with E-state index in [1.807, 2.05) is 42.5 Å². The molecule has 132 valence electrons. The van der Waals surface area contributed by atoms with Gasteiger partial charge < -0.3 is 0 Å². The van der Waals surface area contributed by atoms with Gasteiger partial charge in [-0.05, 0) is 40.6 Å². The van der Waals surface area contributed by atoms with E-state index in [0.717, 1.165) is 15.7 Å². The summed E-state index contributed by atoms with van der Waals surface area (Å²) in [5.74, 6) is -1.42. The van der Waals surface area contributed by atoms with Crippen molar-refractivity contribution >= 4 is 52.0 Å². The van der Waals surface area contributed by atoms with Gasteiger partial charge in [0.25, 0.3) is 11.8 Å². The molecule has 4 amide bonds. The van der Waals surface area contributed by atoms with Crippen LogP contribution in [-0.2, 0) is 9.59 Å². The summed E-state index contributed by atoms with van der Waals surface area (Å²) in [6.07, 6.45) is 1.50. The molecule has 1 fully saturated rings. The number of urea groups is 1. The van der Waals surface area contributed by atoms with Gasteiger partial charge in [0.05, 0.1) is 5.69 Å². The van der Waals surface area contributed by atoms with E-state index in [4.69, 9.17) is 11.6 Å². The molecule has 0 unspecified atom stereocenters. The number of imide groups is 2. The van der Waals surface area contributed by atoms with E-state index >= 15 is 0 Å². The molecular formula is C21H13ClN2O3. The van der Waals surface area contributed by atoms with E-state index < -0.39 is 17.8 Å². The standard InChI is InChI=1S/C21H13ClN2O3/c22-15-8-4-9-16(12-15)24-20(26)18(19(25)23-21(24)27)11-14-7-3-6-13-5-1-2-10-17(13)14/h1-12H,(H,23,25,27)/b18-11+. The predicted molar refractivity (Wildman–Crippen MR) is 104 cm³/mol. The van der Waals surface area contributed by atoms with Crippen LogP contribution in [0.3, 0.4) is 0 Å². The Morgan fingerprint density at radius 1 is 0.889 bits per heavy atom. The number of amides is 4. The van der Waals surface area contributed by atoms with Crippen molar-refractivity contribution in [3.05, 3.63) is 82.9 Å². The highest BCUT2D eigenvalue weighted by Crippen LogP contribution is 2.26. The van der Waals surface area contributed by atoms with Gasteiger partial charge in [0, 0.05) is 5.02 Å².